The second-order valence-corrected chi connectivity index (χ2v) is 3.57. The van der Waals surface area contributed by atoms with Gasteiger partial charge >= 0.3 is 0 Å². The van der Waals surface area contributed by atoms with Crippen LogP contribution in [0.1, 0.15) is 5.56 Å². The van der Waals surface area contributed by atoms with Crippen molar-refractivity contribution in [2.24, 2.45) is 0 Å². The number of nitrogens with zero attached hydrogens (tertiary/aromatic N) is 1. The molecule has 0 radical (unpaired) electrons. The summed E-state index contributed by atoms with van der Waals surface area (Å²) >= 11 is 5.96. The molecule has 2 N–H and O–H groups in total. The molecule has 78 valence electrons. The van der Waals surface area contributed by atoms with Gasteiger partial charge in [-0.1, -0.05) is 17.7 Å². The van der Waals surface area contributed by atoms with E-state index >= 15 is 0 Å². The molecule has 0 aliphatic carbocycles. The lowest BCUT2D eigenvalue weighted by molar-refractivity contribution is 0.468. The average molecular weight is 223 g/mol. The molecule has 1 aromatic carbocycles. The molecule has 2 aromatic rings. The number of aromatic nitrogens is 1. The number of hydrogen-bond acceptors (Lipinski definition) is 2. The first-order chi connectivity index (χ1) is 7.27. The minimum atomic E-state index is 0.210. The number of rotatable bonds is 3. The second kappa shape index (κ2) is 4.28. The van der Waals surface area contributed by atoms with Crippen LogP contribution in [0, 0.1) is 0 Å². The van der Waals surface area contributed by atoms with E-state index in [-0.39, 0.29) is 5.75 Å². The SMILES string of the molecule is Oc1cccc(Cl)c1CNn1cccc1. The van der Waals surface area contributed by atoms with Crippen LogP contribution < -0.4 is 5.43 Å². The molecule has 0 aliphatic rings. The zero-order valence-electron chi connectivity index (χ0n) is 8.02. The van der Waals surface area contributed by atoms with Gasteiger partial charge in [-0.3, -0.25) is 4.68 Å². The van der Waals surface area contributed by atoms with Crippen molar-refractivity contribution in [3.63, 3.8) is 0 Å². The topological polar surface area (TPSA) is 37.2 Å². The number of halogens is 1. The third kappa shape index (κ3) is 2.25. The molecule has 0 unspecified atom stereocenters. The Labute approximate surface area is 92.9 Å². The molecule has 0 amide bonds. The lowest BCUT2D eigenvalue weighted by Crippen LogP contribution is -2.12. The number of phenolic OH excluding ortho intramolecular Hbond substituents is 1. The summed E-state index contributed by atoms with van der Waals surface area (Å²) < 4.78 is 1.81. The highest BCUT2D eigenvalue weighted by atomic mass is 35.5. The molecule has 2 rings (SSSR count). The summed E-state index contributed by atoms with van der Waals surface area (Å²) in [6.07, 6.45) is 3.77. The van der Waals surface area contributed by atoms with Crippen LogP contribution in [0.25, 0.3) is 0 Å². The summed E-state index contributed by atoms with van der Waals surface area (Å²) in [6.45, 7) is 0.486. The molecular weight excluding hydrogens is 212 g/mol. The zero-order chi connectivity index (χ0) is 10.7. The summed E-state index contributed by atoms with van der Waals surface area (Å²) in [6, 6.07) is 8.93. The third-order valence-electron chi connectivity index (χ3n) is 2.14. The fourth-order valence-corrected chi connectivity index (χ4v) is 1.57. The van der Waals surface area contributed by atoms with Gasteiger partial charge in [-0.05, 0) is 24.3 Å². The molecule has 0 aliphatic heterocycles. The van der Waals surface area contributed by atoms with Gasteiger partial charge in [0, 0.05) is 23.0 Å². The molecule has 4 heteroatoms. The van der Waals surface area contributed by atoms with E-state index in [4.69, 9.17) is 11.6 Å². The fraction of sp³-hybridized carbons (Fsp3) is 0.0909. The van der Waals surface area contributed by atoms with Gasteiger partial charge in [0.05, 0.1) is 6.54 Å². The highest BCUT2D eigenvalue weighted by Gasteiger charge is 2.04. The normalized spacial score (nSPS) is 10.2. The van der Waals surface area contributed by atoms with E-state index in [1.54, 1.807) is 18.2 Å². The number of nitrogens with one attached hydrogen (secondary N) is 1. The first kappa shape index (κ1) is 9.93. The van der Waals surface area contributed by atoms with Gasteiger partial charge in [0.1, 0.15) is 5.75 Å². The van der Waals surface area contributed by atoms with Crippen molar-refractivity contribution in [1.29, 1.82) is 0 Å². The van der Waals surface area contributed by atoms with E-state index < -0.39 is 0 Å². The summed E-state index contributed by atoms with van der Waals surface area (Å²) in [7, 11) is 0. The maximum absolute atomic E-state index is 9.59. The summed E-state index contributed by atoms with van der Waals surface area (Å²) in [5.41, 5.74) is 3.80. The predicted octanol–water partition coefficient (Wildman–Crippen LogP) is 2.59. The lowest BCUT2D eigenvalue weighted by atomic mass is 10.2. The van der Waals surface area contributed by atoms with Gasteiger partial charge < -0.3 is 10.5 Å². The zero-order valence-corrected chi connectivity index (χ0v) is 8.78. The Hall–Kier alpha value is -1.61. The van der Waals surface area contributed by atoms with Crippen LogP contribution in [-0.2, 0) is 6.54 Å². The molecule has 1 aromatic heterocycles. The van der Waals surface area contributed by atoms with E-state index in [1.807, 2.05) is 29.2 Å². The van der Waals surface area contributed by atoms with Gasteiger partial charge in [-0.25, -0.2) is 0 Å². The standard InChI is InChI=1S/C11H11ClN2O/c12-10-4-3-5-11(15)9(10)8-13-14-6-1-2-7-14/h1-7,13,15H,8H2. The Morgan fingerprint density at radius 1 is 1.20 bits per heavy atom. The molecule has 15 heavy (non-hydrogen) atoms. The van der Waals surface area contributed by atoms with E-state index in [0.717, 1.165) is 0 Å². The van der Waals surface area contributed by atoms with Gasteiger partial charge in [0.25, 0.3) is 0 Å². The van der Waals surface area contributed by atoms with Crippen LogP contribution >= 0.6 is 11.6 Å². The largest absolute Gasteiger partial charge is 0.508 e. The molecule has 1 heterocycles. The van der Waals surface area contributed by atoms with Crippen LogP contribution in [0.4, 0.5) is 0 Å². The Morgan fingerprint density at radius 3 is 2.60 bits per heavy atom. The summed E-state index contributed by atoms with van der Waals surface area (Å²) in [5, 5.41) is 10.2. The number of aromatic hydroxyl groups is 1. The van der Waals surface area contributed by atoms with Crippen LogP contribution in [0.2, 0.25) is 5.02 Å². The minimum Gasteiger partial charge on any atom is -0.508 e. The minimum absolute atomic E-state index is 0.210. The smallest absolute Gasteiger partial charge is 0.122 e. The van der Waals surface area contributed by atoms with Gasteiger partial charge in [0.15, 0.2) is 0 Å². The first-order valence-corrected chi connectivity index (χ1v) is 4.98. The van der Waals surface area contributed by atoms with E-state index in [0.29, 0.717) is 17.1 Å². The Bertz CT molecular complexity index is 420. The molecule has 3 nitrogen and oxygen atoms in total. The highest BCUT2D eigenvalue weighted by Crippen LogP contribution is 2.24. The lowest BCUT2D eigenvalue weighted by Gasteiger charge is -2.10. The molecular formula is C11H11ClN2O. The second-order valence-electron chi connectivity index (χ2n) is 3.16. The van der Waals surface area contributed by atoms with Crippen molar-refractivity contribution >= 4 is 11.6 Å². The van der Waals surface area contributed by atoms with Crippen molar-refractivity contribution in [2.75, 3.05) is 5.43 Å². The Balaban J connectivity index is 2.11. The van der Waals surface area contributed by atoms with Gasteiger partial charge in [-0.2, -0.15) is 0 Å². The fourth-order valence-electron chi connectivity index (χ4n) is 1.33. The summed E-state index contributed by atoms with van der Waals surface area (Å²) in [4.78, 5) is 0. The Kier molecular flexibility index (Phi) is 2.83. The average Bonchev–Trinajstić information content (AvgIpc) is 2.70. The predicted molar refractivity (Wildman–Crippen MR) is 60.6 cm³/mol. The van der Waals surface area contributed by atoms with Crippen LogP contribution in [0.5, 0.6) is 5.75 Å². The molecule has 0 bridgehead atoms. The van der Waals surface area contributed by atoms with Gasteiger partial charge in [0.2, 0.25) is 0 Å². The van der Waals surface area contributed by atoms with Crippen molar-refractivity contribution < 1.29 is 5.11 Å². The maximum atomic E-state index is 9.59. The molecule has 0 atom stereocenters. The van der Waals surface area contributed by atoms with Crippen LogP contribution in [0.15, 0.2) is 42.7 Å². The highest BCUT2D eigenvalue weighted by molar-refractivity contribution is 6.31. The van der Waals surface area contributed by atoms with E-state index in [2.05, 4.69) is 5.43 Å². The first-order valence-electron chi connectivity index (χ1n) is 4.60. The summed E-state index contributed by atoms with van der Waals surface area (Å²) in [5.74, 6) is 0.210. The monoisotopic (exact) mass is 222 g/mol. The van der Waals surface area contributed by atoms with Crippen molar-refractivity contribution in [3.8, 4) is 5.75 Å². The number of hydrogen-bond donors (Lipinski definition) is 2. The number of benzene rings is 1. The van der Waals surface area contributed by atoms with Crippen LogP contribution in [-0.4, -0.2) is 9.78 Å². The van der Waals surface area contributed by atoms with Crippen molar-refractivity contribution in [2.45, 2.75) is 6.54 Å². The Morgan fingerprint density at radius 2 is 1.93 bits per heavy atom. The van der Waals surface area contributed by atoms with E-state index in [9.17, 15) is 5.11 Å². The van der Waals surface area contributed by atoms with Gasteiger partial charge in [-0.15, -0.1) is 0 Å². The molecule has 0 fully saturated rings. The molecule has 0 spiro atoms. The number of phenols is 1. The molecule has 0 saturated carbocycles. The third-order valence-corrected chi connectivity index (χ3v) is 2.49. The van der Waals surface area contributed by atoms with Crippen LogP contribution in [0.3, 0.4) is 0 Å². The quantitative estimate of drug-likeness (QED) is 0.838. The maximum Gasteiger partial charge on any atom is 0.122 e. The van der Waals surface area contributed by atoms with E-state index in [1.165, 1.54) is 0 Å². The molecule has 0 saturated heterocycles. The van der Waals surface area contributed by atoms with Crippen molar-refractivity contribution in [3.05, 3.63) is 53.3 Å². The van der Waals surface area contributed by atoms with Crippen molar-refractivity contribution in [1.82, 2.24) is 4.68 Å².